The number of hydrogen-bond acceptors (Lipinski definition) is 2. The van der Waals surface area contributed by atoms with Crippen molar-refractivity contribution in [2.45, 2.75) is 6.92 Å². The van der Waals surface area contributed by atoms with E-state index in [9.17, 15) is 0 Å². The summed E-state index contributed by atoms with van der Waals surface area (Å²) in [6.07, 6.45) is 2.16. The molecule has 0 aromatic carbocycles. The molecular weight excluding hydrogens is 132 g/mol. The fraction of sp³-hybridized carbons (Fsp3) is 1.00. The molecule has 0 radical (unpaired) electrons. The molecule has 1 rings (SSSR count). The summed E-state index contributed by atoms with van der Waals surface area (Å²) in [6.45, 7) is 4.24. The molecule has 54 valence electrons. The van der Waals surface area contributed by atoms with Crippen molar-refractivity contribution in [3.8, 4) is 0 Å². The Hall–Kier alpha value is 0.310. The van der Waals surface area contributed by atoms with Crippen molar-refractivity contribution in [3.05, 3.63) is 0 Å². The molecule has 1 aliphatic heterocycles. The van der Waals surface area contributed by atoms with Gasteiger partial charge in [-0.15, -0.1) is 0 Å². The molecule has 0 aliphatic carbocycles. The predicted octanol–water partition coefficient (Wildman–Crippen LogP) is 1.63. The lowest BCUT2D eigenvalue weighted by atomic mass is 10.0. The Morgan fingerprint density at radius 1 is 1.56 bits per heavy atom. The highest BCUT2D eigenvalue weighted by atomic mass is 32.2. The second-order valence-corrected chi connectivity index (χ2v) is 3.64. The molecule has 0 spiro atoms. The fourth-order valence-electron chi connectivity index (χ4n) is 1.13. The van der Waals surface area contributed by atoms with Crippen LogP contribution in [0, 0.1) is 11.8 Å². The molecule has 1 fully saturated rings. The molecule has 1 nitrogen and oxygen atoms in total. The average Bonchev–Trinajstić information content (AvgIpc) is 2.18. The number of ether oxygens (including phenoxy) is 1. The van der Waals surface area contributed by atoms with E-state index in [1.165, 1.54) is 5.75 Å². The lowest BCUT2D eigenvalue weighted by Gasteiger charge is -2.09. The molecule has 0 aromatic rings. The number of hydrogen-bond donors (Lipinski definition) is 0. The molecule has 2 unspecified atom stereocenters. The normalized spacial score (nSPS) is 35.3. The zero-order valence-electron chi connectivity index (χ0n) is 6.09. The van der Waals surface area contributed by atoms with Crippen molar-refractivity contribution in [2.75, 3.05) is 25.2 Å². The summed E-state index contributed by atoms with van der Waals surface area (Å²) in [4.78, 5) is 0. The molecule has 0 amide bonds. The second-order valence-electron chi connectivity index (χ2n) is 2.73. The van der Waals surface area contributed by atoms with E-state index in [0.717, 1.165) is 25.0 Å². The minimum atomic E-state index is 0.789. The van der Waals surface area contributed by atoms with Crippen LogP contribution in [-0.4, -0.2) is 25.2 Å². The quantitative estimate of drug-likeness (QED) is 0.585. The van der Waals surface area contributed by atoms with Gasteiger partial charge in [0.25, 0.3) is 0 Å². The van der Waals surface area contributed by atoms with Crippen LogP contribution in [0.15, 0.2) is 0 Å². The van der Waals surface area contributed by atoms with Gasteiger partial charge in [0.1, 0.15) is 0 Å². The maximum absolute atomic E-state index is 5.31. The van der Waals surface area contributed by atoms with Gasteiger partial charge in [0, 0.05) is 6.61 Å². The van der Waals surface area contributed by atoms with E-state index < -0.39 is 0 Å². The summed E-state index contributed by atoms with van der Waals surface area (Å²) >= 11 is 1.92. The van der Waals surface area contributed by atoms with Gasteiger partial charge in [0.05, 0.1) is 6.61 Å². The third-order valence-corrected chi connectivity index (χ3v) is 2.66. The van der Waals surface area contributed by atoms with Gasteiger partial charge in [-0.25, -0.2) is 0 Å². The van der Waals surface area contributed by atoms with Crippen molar-refractivity contribution in [1.29, 1.82) is 0 Å². The number of thioether (sulfide) groups is 1. The van der Waals surface area contributed by atoms with Crippen molar-refractivity contribution >= 4 is 11.8 Å². The topological polar surface area (TPSA) is 9.23 Å². The maximum Gasteiger partial charge on any atom is 0.0505 e. The van der Waals surface area contributed by atoms with Crippen LogP contribution in [0.1, 0.15) is 6.92 Å². The van der Waals surface area contributed by atoms with E-state index in [1.54, 1.807) is 0 Å². The van der Waals surface area contributed by atoms with Crippen LogP contribution in [0.4, 0.5) is 0 Å². The Morgan fingerprint density at radius 2 is 2.33 bits per heavy atom. The second kappa shape index (κ2) is 3.47. The molecule has 2 heteroatoms. The lowest BCUT2D eigenvalue weighted by molar-refractivity contribution is 0.183. The summed E-state index contributed by atoms with van der Waals surface area (Å²) < 4.78 is 5.31. The van der Waals surface area contributed by atoms with Crippen LogP contribution in [0.3, 0.4) is 0 Å². The molecule has 0 saturated carbocycles. The van der Waals surface area contributed by atoms with Crippen LogP contribution in [0.5, 0.6) is 0 Å². The smallest absolute Gasteiger partial charge is 0.0505 e. The Kier molecular flexibility index (Phi) is 2.86. The van der Waals surface area contributed by atoms with Crippen molar-refractivity contribution < 1.29 is 4.74 Å². The van der Waals surface area contributed by atoms with Gasteiger partial charge in [0.2, 0.25) is 0 Å². The van der Waals surface area contributed by atoms with Gasteiger partial charge in [0.15, 0.2) is 0 Å². The molecule has 0 aromatic heterocycles. The summed E-state index contributed by atoms with van der Waals surface area (Å²) in [5.41, 5.74) is 0. The highest BCUT2D eigenvalue weighted by molar-refractivity contribution is 7.98. The van der Waals surface area contributed by atoms with Crippen LogP contribution >= 0.6 is 11.8 Å². The minimum absolute atomic E-state index is 0.789. The Morgan fingerprint density at radius 3 is 2.78 bits per heavy atom. The van der Waals surface area contributed by atoms with Crippen LogP contribution in [-0.2, 0) is 4.74 Å². The van der Waals surface area contributed by atoms with Gasteiger partial charge in [-0.05, 0) is 23.8 Å². The molecule has 0 N–H and O–H groups in total. The third kappa shape index (κ3) is 1.87. The molecular formula is C7H14OS. The van der Waals surface area contributed by atoms with Crippen molar-refractivity contribution in [2.24, 2.45) is 11.8 Å². The highest BCUT2D eigenvalue weighted by Crippen LogP contribution is 2.22. The monoisotopic (exact) mass is 146 g/mol. The molecule has 1 saturated heterocycles. The number of rotatable bonds is 2. The van der Waals surface area contributed by atoms with Gasteiger partial charge in [-0.3, -0.25) is 0 Å². The zero-order chi connectivity index (χ0) is 6.69. The van der Waals surface area contributed by atoms with Gasteiger partial charge < -0.3 is 4.74 Å². The molecule has 1 aliphatic rings. The zero-order valence-corrected chi connectivity index (χ0v) is 6.91. The third-order valence-electron chi connectivity index (χ3n) is 1.90. The van der Waals surface area contributed by atoms with Crippen LogP contribution < -0.4 is 0 Å². The van der Waals surface area contributed by atoms with Crippen molar-refractivity contribution in [1.82, 2.24) is 0 Å². The summed E-state index contributed by atoms with van der Waals surface area (Å²) in [6, 6.07) is 0. The molecule has 1 heterocycles. The van der Waals surface area contributed by atoms with E-state index in [0.29, 0.717) is 0 Å². The first-order valence-electron chi connectivity index (χ1n) is 3.41. The summed E-state index contributed by atoms with van der Waals surface area (Å²) in [5, 5.41) is 0. The standard InChI is InChI=1S/C7H14OS/c1-6-3-8-4-7(6)5-9-2/h6-7H,3-5H2,1-2H3. The Labute approximate surface area is 61.2 Å². The largest absolute Gasteiger partial charge is 0.381 e. The van der Waals surface area contributed by atoms with Gasteiger partial charge in [-0.2, -0.15) is 11.8 Å². The molecule has 9 heavy (non-hydrogen) atoms. The highest BCUT2D eigenvalue weighted by Gasteiger charge is 2.22. The van der Waals surface area contributed by atoms with E-state index in [-0.39, 0.29) is 0 Å². The van der Waals surface area contributed by atoms with E-state index >= 15 is 0 Å². The first-order chi connectivity index (χ1) is 4.34. The molecule has 0 bridgehead atoms. The van der Waals surface area contributed by atoms with Gasteiger partial charge in [-0.1, -0.05) is 6.92 Å². The first kappa shape index (κ1) is 7.42. The summed E-state index contributed by atoms with van der Waals surface area (Å²) in [7, 11) is 0. The van der Waals surface area contributed by atoms with Crippen LogP contribution in [0.25, 0.3) is 0 Å². The first-order valence-corrected chi connectivity index (χ1v) is 4.80. The van der Waals surface area contributed by atoms with Crippen molar-refractivity contribution in [3.63, 3.8) is 0 Å². The minimum Gasteiger partial charge on any atom is -0.381 e. The van der Waals surface area contributed by atoms with Crippen LogP contribution in [0.2, 0.25) is 0 Å². The SMILES string of the molecule is CSCC1COCC1C. The Balaban J connectivity index is 2.22. The van der Waals surface area contributed by atoms with E-state index in [4.69, 9.17) is 4.74 Å². The Bertz CT molecular complexity index is 85.0. The maximum atomic E-state index is 5.31. The fourth-order valence-corrected chi connectivity index (χ4v) is 1.99. The summed E-state index contributed by atoms with van der Waals surface area (Å²) in [5.74, 6) is 2.87. The average molecular weight is 146 g/mol. The van der Waals surface area contributed by atoms with E-state index in [2.05, 4.69) is 13.2 Å². The predicted molar refractivity (Wildman–Crippen MR) is 41.9 cm³/mol. The lowest BCUT2D eigenvalue weighted by Crippen LogP contribution is -2.10. The molecule has 2 atom stereocenters. The van der Waals surface area contributed by atoms with E-state index in [1.807, 2.05) is 11.8 Å². The van der Waals surface area contributed by atoms with Gasteiger partial charge >= 0.3 is 0 Å².